The lowest BCUT2D eigenvalue weighted by molar-refractivity contribution is 0.0953. The van der Waals surface area contributed by atoms with E-state index in [1.54, 1.807) is 6.07 Å². The molecule has 0 unspecified atom stereocenters. The lowest BCUT2D eigenvalue weighted by Crippen LogP contribution is -2.24. The van der Waals surface area contributed by atoms with Gasteiger partial charge in [-0.15, -0.1) is 0 Å². The van der Waals surface area contributed by atoms with Gasteiger partial charge in [-0.1, -0.05) is 46.2 Å². The fourth-order valence-electron chi connectivity index (χ4n) is 2.82. The molecule has 0 bridgehead atoms. The number of amides is 1. The molecule has 4 heteroatoms. The number of hydrogen-bond acceptors (Lipinski definition) is 3. The van der Waals surface area contributed by atoms with Gasteiger partial charge in [0.15, 0.2) is 0 Å². The van der Waals surface area contributed by atoms with Crippen LogP contribution in [-0.2, 0) is 12.0 Å². The maximum absolute atomic E-state index is 12.4. The van der Waals surface area contributed by atoms with Gasteiger partial charge in [0.25, 0.3) is 5.91 Å². The topological polar surface area (TPSA) is 47.6 Å². The summed E-state index contributed by atoms with van der Waals surface area (Å²) in [5, 5.41) is 2.95. The first-order valence-electron chi connectivity index (χ1n) is 10.1. The first kappa shape index (κ1) is 21.8. The fourth-order valence-corrected chi connectivity index (χ4v) is 2.82. The highest BCUT2D eigenvalue weighted by Gasteiger charge is 2.14. The van der Waals surface area contributed by atoms with Crippen LogP contribution >= 0.6 is 0 Å². The Morgan fingerprint density at radius 1 is 1.00 bits per heavy atom. The largest absolute Gasteiger partial charge is 0.493 e. The molecule has 152 valence electrons. The number of carbonyl (C=O) groups is 1. The van der Waals surface area contributed by atoms with E-state index in [9.17, 15) is 4.79 Å². The summed E-state index contributed by atoms with van der Waals surface area (Å²) in [4.78, 5) is 12.4. The third-order valence-electron chi connectivity index (χ3n) is 4.55. The Balaban J connectivity index is 2.11. The molecule has 0 spiro atoms. The van der Waals surface area contributed by atoms with Gasteiger partial charge in [-0.2, -0.15) is 0 Å². The highest BCUT2D eigenvalue weighted by Crippen LogP contribution is 2.26. The molecule has 1 N–H and O–H groups in total. The summed E-state index contributed by atoms with van der Waals surface area (Å²) in [6.45, 7) is 12.2. The van der Waals surface area contributed by atoms with Gasteiger partial charge in [0, 0.05) is 17.7 Å². The molecular formula is C24H33NO3. The van der Waals surface area contributed by atoms with Gasteiger partial charge < -0.3 is 14.8 Å². The number of ether oxygens (including phenoxy) is 2. The van der Waals surface area contributed by atoms with E-state index in [0.717, 1.165) is 29.9 Å². The Bertz CT molecular complexity index is 760. The molecule has 0 fully saturated rings. The normalized spacial score (nSPS) is 11.2. The summed E-state index contributed by atoms with van der Waals surface area (Å²) in [6.07, 6.45) is 2.03. The Hall–Kier alpha value is -2.49. The number of rotatable bonds is 9. The minimum Gasteiger partial charge on any atom is -0.493 e. The summed E-state index contributed by atoms with van der Waals surface area (Å²) in [6, 6.07) is 13.7. The van der Waals surface area contributed by atoms with E-state index in [4.69, 9.17) is 9.47 Å². The third kappa shape index (κ3) is 6.29. The molecule has 0 radical (unpaired) electrons. The van der Waals surface area contributed by atoms with Crippen molar-refractivity contribution in [2.45, 2.75) is 59.5 Å². The van der Waals surface area contributed by atoms with Gasteiger partial charge in [-0.3, -0.25) is 4.79 Å². The van der Waals surface area contributed by atoms with Crippen LogP contribution in [0.1, 0.15) is 68.9 Å². The van der Waals surface area contributed by atoms with E-state index in [1.165, 1.54) is 5.56 Å². The van der Waals surface area contributed by atoms with E-state index in [0.29, 0.717) is 25.3 Å². The summed E-state index contributed by atoms with van der Waals surface area (Å²) < 4.78 is 11.7. The predicted octanol–water partition coefficient (Wildman–Crippen LogP) is 5.49. The molecule has 4 nitrogen and oxygen atoms in total. The highest BCUT2D eigenvalue weighted by molar-refractivity contribution is 5.94. The molecule has 2 aromatic rings. The van der Waals surface area contributed by atoms with Crippen LogP contribution in [-0.4, -0.2) is 19.1 Å². The molecule has 0 saturated carbocycles. The Morgan fingerprint density at radius 3 is 2.32 bits per heavy atom. The summed E-state index contributed by atoms with van der Waals surface area (Å²) in [7, 11) is 0. The first-order chi connectivity index (χ1) is 13.3. The number of carbonyl (C=O) groups excluding carboxylic acids is 1. The molecule has 0 aliphatic carbocycles. The lowest BCUT2D eigenvalue weighted by atomic mass is 9.87. The predicted molar refractivity (Wildman–Crippen MR) is 114 cm³/mol. The van der Waals surface area contributed by atoms with Crippen LogP contribution in [0.15, 0.2) is 42.5 Å². The van der Waals surface area contributed by atoms with Crippen molar-refractivity contribution in [2.75, 3.05) is 13.2 Å². The van der Waals surface area contributed by atoms with Crippen molar-refractivity contribution in [1.82, 2.24) is 5.32 Å². The number of nitrogens with one attached hydrogen (secondary N) is 1. The molecule has 0 aromatic heterocycles. The van der Waals surface area contributed by atoms with Crippen LogP contribution in [0.3, 0.4) is 0 Å². The van der Waals surface area contributed by atoms with Crippen LogP contribution in [0, 0.1) is 0 Å². The second-order valence-corrected chi connectivity index (χ2v) is 7.93. The smallest absolute Gasteiger partial charge is 0.251 e. The Morgan fingerprint density at radius 2 is 1.71 bits per heavy atom. The van der Waals surface area contributed by atoms with Crippen molar-refractivity contribution in [2.24, 2.45) is 0 Å². The minimum absolute atomic E-state index is 0.0627. The molecule has 0 aliphatic heterocycles. The quantitative estimate of drug-likeness (QED) is 0.582. The third-order valence-corrected chi connectivity index (χ3v) is 4.55. The second kappa shape index (κ2) is 10.2. The summed E-state index contributed by atoms with van der Waals surface area (Å²) in [5.74, 6) is 1.49. The SMILES string of the molecule is CCCCNC(=O)c1ccc(OCC)c(COc2ccc(C(C)(C)C)cc2)c1. The second-order valence-electron chi connectivity index (χ2n) is 7.93. The van der Waals surface area contributed by atoms with Crippen molar-refractivity contribution in [3.05, 3.63) is 59.2 Å². The molecule has 0 heterocycles. The van der Waals surface area contributed by atoms with E-state index in [2.05, 4.69) is 45.1 Å². The summed E-state index contributed by atoms with van der Waals surface area (Å²) >= 11 is 0. The van der Waals surface area contributed by atoms with Crippen molar-refractivity contribution in [3.8, 4) is 11.5 Å². The number of benzene rings is 2. The van der Waals surface area contributed by atoms with Gasteiger partial charge in [0.1, 0.15) is 18.1 Å². The minimum atomic E-state index is -0.0627. The average molecular weight is 384 g/mol. The van der Waals surface area contributed by atoms with Crippen molar-refractivity contribution in [3.63, 3.8) is 0 Å². The molecule has 1 amide bonds. The first-order valence-corrected chi connectivity index (χ1v) is 10.1. The van der Waals surface area contributed by atoms with Gasteiger partial charge in [-0.25, -0.2) is 0 Å². The lowest BCUT2D eigenvalue weighted by Gasteiger charge is -2.19. The van der Waals surface area contributed by atoms with E-state index in [-0.39, 0.29) is 11.3 Å². The van der Waals surface area contributed by atoms with E-state index >= 15 is 0 Å². The zero-order chi connectivity index (χ0) is 20.6. The van der Waals surface area contributed by atoms with Gasteiger partial charge in [0.2, 0.25) is 0 Å². The Labute approximate surface area is 169 Å². The monoisotopic (exact) mass is 383 g/mol. The maximum atomic E-state index is 12.4. The van der Waals surface area contributed by atoms with Crippen molar-refractivity contribution in [1.29, 1.82) is 0 Å². The van der Waals surface area contributed by atoms with Crippen molar-refractivity contribution >= 4 is 5.91 Å². The van der Waals surface area contributed by atoms with Crippen LogP contribution in [0.2, 0.25) is 0 Å². The maximum Gasteiger partial charge on any atom is 0.251 e. The van der Waals surface area contributed by atoms with Crippen LogP contribution in [0.4, 0.5) is 0 Å². The van der Waals surface area contributed by atoms with Crippen molar-refractivity contribution < 1.29 is 14.3 Å². The zero-order valence-electron chi connectivity index (χ0n) is 17.8. The molecule has 2 rings (SSSR count). The van der Waals surface area contributed by atoms with Gasteiger partial charge in [0.05, 0.1) is 6.61 Å². The molecule has 0 aliphatic rings. The molecule has 0 saturated heterocycles. The standard InChI is InChI=1S/C24H33NO3/c1-6-8-15-25-23(26)18-9-14-22(27-7-2)19(16-18)17-28-21-12-10-20(11-13-21)24(3,4)5/h9-14,16H,6-8,15,17H2,1-5H3,(H,25,26). The molecule has 28 heavy (non-hydrogen) atoms. The van der Waals surface area contributed by atoms with Crippen LogP contribution < -0.4 is 14.8 Å². The highest BCUT2D eigenvalue weighted by atomic mass is 16.5. The molecular weight excluding hydrogens is 350 g/mol. The number of unbranched alkanes of at least 4 members (excludes halogenated alkanes) is 1. The summed E-state index contributed by atoms with van der Waals surface area (Å²) in [5.41, 5.74) is 2.87. The average Bonchev–Trinajstić information content (AvgIpc) is 2.67. The van der Waals surface area contributed by atoms with Crippen LogP contribution in [0.5, 0.6) is 11.5 Å². The Kier molecular flexibility index (Phi) is 7.91. The van der Waals surface area contributed by atoms with Crippen LogP contribution in [0.25, 0.3) is 0 Å². The molecule has 0 atom stereocenters. The van der Waals surface area contributed by atoms with E-state index in [1.807, 2.05) is 31.2 Å². The van der Waals surface area contributed by atoms with Gasteiger partial charge in [-0.05, 0) is 54.7 Å². The molecule has 2 aromatic carbocycles. The number of hydrogen-bond donors (Lipinski definition) is 1. The zero-order valence-corrected chi connectivity index (χ0v) is 17.8. The van der Waals surface area contributed by atoms with Gasteiger partial charge >= 0.3 is 0 Å². The fraction of sp³-hybridized carbons (Fsp3) is 0.458. The van der Waals surface area contributed by atoms with E-state index < -0.39 is 0 Å².